The van der Waals surface area contributed by atoms with E-state index in [2.05, 4.69) is 34.7 Å². The molecule has 1 heterocycles. The zero-order valence-corrected chi connectivity index (χ0v) is 16.0. The third kappa shape index (κ3) is 3.91. The summed E-state index contributed by atoms with van der Waals surface area (Å²) in [6.45, 7) is 4.16. The van der Waals surface area contributed by atoms with Crippen molar-refractivity contribution in [1.29, 1.82) is 0 Å². The first-order valence-corrected chi connectivity index (χ1v) is 9.41. The van der Waals surface area contributed by atoms with E-state index < -0.39 is 0 Å². The number of benzene rings is 3. The number of rotatable bonds is 5. The van der Waals surface area contributed by atoms with Gasteiger partial charge < -0.3 is 15.6 Å². The molecule has 4 nitrogen and oxygen atoms in total. The number of aromatic nitrogens is 1. The molecule has 1 unspecified atom stereocenters. The van der Waals surface area contributed by atoms with Gasteiger partial charge >= 0.3 is 0 Å². The molecule has 0 spiro atoms. The fourth-order valence-corrected chi connectivity index (χ4v) is 3.29. The summed E-state index contributed by atoms with van der Waals surface area (Å²) in [5, 5.41) is 7.46. The molecule has 4 heteroatoms. The molecule has 4 aromatic rings. The normalized spacial score (nSPS) is 11.9. The van der Waals surface area contributed by atoms with Gasteiger partial charge in [-0.2, -0.15) is 0 Å². The molecule has 0 bridgehead atoms. The van der Waals surface area contributed by atoms with Crippen molar-refractivity contribution in [1.82, 2.24) is 4.98 Å². The maximum atomic E-state index is 12.6. The molecule has 1 amide bonds. The SMILES string of the molecule is Cc1ccc2cc(C(=O)Nc3ccc(NC(C)c4ccccc4)cc3)[nH]c2c1. The van der Waals surface area contributed by atoms with Crippen LogP contribution in [-0.2, 0) is 0 Å². The smallest absolute Gasteiger partial charge is 0.272 e. The molecule has 0 saturated carbocycles. The van der Waals surface area contributed by atoms with Crippen LogP contribution in [0.25, 0.3) is 10.9 Å². The highest BCUT2D eigenvalue weighted by molar-refractivity contribution is 6.06. The second kappa shape index (κ2) is 7.61. The Hall–Kier alpha value is -3.53. The average Bonchev–Trinajstić information content (AvgIpc) is 3.13. The van der Waals surface area contributed by atoms with Crippen LogP contribution in [0, 0.1) is 6.92 Å². The van der Waals surface area contributed by atoms with Crippen LogP contribution < -0.4 is 10.6 Å². The number of anilines is 2. The second-order valence-corrected chi connectivity index (χ2v) is 7.08. The fraction of sp³-hybridized carbons (Fsp3) is 0.125. The monoisotopic (exact) mass is 369 g/mol. The van der Waals surface area contributed by atoms with E-state index in [-0.39, 0.29) is 11.9 Å². The van der Waals surface area contributed by atoms with Crippen LogP contribution >= 0.6 is 0 Å². The fourth-order valence-electron chi connectivity index (χ4n) is 3.29. The van der Waals surface area contributed by atoms with Gasteiger partial charge in [-0.1, -0.05) is 42.5 Å². The highest BCUT2D eigenvalue weighted by atomic mass is 16.1. The Morgan fingerprint density at radius 3 is 2.36 bits per heavy atom. The molecule has 0 fully saturated rings. The van der Waals surface area contributed by atoms with Gasteiger partial charge in [-0.3, -0.25) is 4.79 Å². The number of nitrogens with one attached hydrogen (secondary N) is 3. The maximum absolute atomic E-state index is 12.6. The predicted octanol–water partition coefficient (Wildman–Crippen LogP) is 5.90. The van der Waals surface area contributed by atoms with Gasteiger partial charge in [0, 0.05) is 28.3 Å². The quantitative estimate of drug-likeness (QED) is 0.410. The lowest BCUT2D eigenvalue weighted by Crippen LogP contribution is -2.12. The zero-order chi connectivity index (χ0) is 19.5. The van der Waals surface area contributed by atoms with Crippen molar-refractivity contribution in [2.45, 2.75) is 19.9 Å². The summed E-state index contributed by atoms with van der Waals surface area (Å²) in [6, 6.07) is 26.3. The third-order valence-corrected chi connectivity index (χ3v) is 4.85. The molecule has 0 saturated heterocycles. The standard InChI is InChI=1S/C24H23N3O/c1-16-8-9-19-15-23(27-22(19)14-16)24(28)26-21-12-10-20(11-13-21)25-17(2)18-6-4-3-5-7-18/h3-15,17,25,27H,1-2H3,(H,26,28). The molecule has 3 aromatic carbocycles. The van der Waals surface area contributed by atoms with Gasteiger partial charge in [-0.25, -0.2) is 0 Å². The van der Waals surface area contributed by atoms with E-state index in [0.717, 1.165) is 27.8 Å². The minimum Gasteiger partial charge on any atom is -0.379 e. The van der Waals surface area contributed by atoms with Gasteiger partial charge in [-0.15, -0.1) is 0 Å². The van der Waals surface area contributed by atoms with E-state index in [0.29, 0.717) is 5.69 Å². The molecule has 0 aliphatic heterocycles. The lowest BCUT2D eigenvalue weighted by atomic mass is 10.1. The van der Waals surface area contributed by atoms with E-state index in [4.69, 9.17) is 0 Å². The number of fused-ring (bicyclic) bond motifs is 1. The third-order valence-electron chi connectivity index (χ3n) is 4.85. The summed E-state index contributed by atoms with van der Waals surface area (Å²) in [4.78, 5) is 15.7. The molecule has 1 aromatic heterocycles. The Morgan fingerprint density at radius 1 is 0.893 bits per heavy atom. The van der Waals surface area contributed by atoms with Crippen molar-refractivity contribution in [2.24, 2.45) is 0 Å². The van der Waals surface area contributed by atoms with Gasteiger partial charge in [0.15, 0.2) is 0 Å². The number of carbonyl (C=O) groups excluding carboxylic acids is 1. The molecule has 0 radical (unpaired) electrons. The van der Waals surface area contributed by atoms with Crippen molar-refractivity contribution in [3.63, 3.8) is 0 Å². The van der Waals surface area contributed by atoms with E-state index >= 15 is 0 Å². The van der Waals surface area contributed by atoms with Crippen LogP contribution in [0.5, 0.6) is 0 Å². The summed E-state index contributed by atoms with van der Waals surface area (Å²) in [6.07, 6.45) is 0. The molecule has 28 heavy (non-hydrogen) atoms. The average molecular weight is 369 g/mol. The van der Waals surface area contributed by atoms with Crippen molar-refractivity contribution in [3.8, 4) is 0 Å². The lowest BCUT2D eigenvalue weighted by molar-refractivity contribution is 0.102. The van der Waals surface area contributed by atoms with Crippen molar-refractivity contribution < 1.29 is 4.79 Å². The van der Waals surface area contributed by atoms with Crippen molar-refractivity contribution >= 4 is 28.2 Å². The first kappa shape index (κ1) is 17.9. The Balaban J connectivity index is 1.42. The highest BCUT2D eigenvalue weighted by Crippen LogP contribution is 2.22. The number of amides is 1. The first-order valence-electron chi connectivity index (χ1n) is 9.41. The second-order valence-electron chi connectivity index (χ2n) is 7.08. The minimum absolute atomic E-state index is 0.146. The van der Waals surface area contributed by atoms with Crippen LogP contribution in [0.4, 0.5) is 11.4 Å². The Morgan fingerprint density at radius 2 is 1.61 bits per heavy atom. The highest BCUT2D eigenvalue weighted by Gasteiger charge is 2.10. The van der Waals surface area contributed by atoms with Crippen LogP contribution in [0.2, 0.25) is 0 Å². The summed E-state index contributed by atoms with van der Waals surface area (Å²) in [5.41, 5.74) is 5.69. The van der Waals surface area contributed by atoms with E-state index in [1.807, 2.05) is 73.7 Å². The Bertz CT molecular complexity index is 1100. The Labute approximate surface area is 164 Å². The van der Waals surface area contributed by atoms with Gasteiger partial charge in [0.25, 0.3) is 5.91 Å². The summed E-state index contributed by atoms with van der Waals surface area (Å²) < 4.78 is 0. The molecular weight excluding hydrogens is 346 g/mol. The summed E-state index contributed by atoms with van der Waals surface area (Å²) >= 11 is 0. The molecule has 3 N–H and O–H groups in total. The van der Waals surface area contributed by atoms with Crippen molar-refractivity contribution in [3.05, 3.63) is 95.7 Å². The molecular formula is C24H23N3O. The maximum Gasteiger partial charge on any atom is 0.272 e. The molecule has 140 valence electrons. The van der Waals surface area contributed by atoms with Gasteiger partial charge in [0.05, 0.1) is 0 Å². The summed E-state index contributed by atoms with van der Waals surface area (Å²) in [5.74, 6) is -0.146. The summed E-state index contributed by atoms with van der Waals surface area (Å²) in [7, 11) is 0. The largest absolute Gasteiger partial charge is 0.379 e. The van der Waals surface area contributed by atoms with Crippen LogP contribution in [0.3, 0.4) is 0 Å². The molecule has 1 atom stereocenters. The van der Waals surface area contributed by atoms with Crippen LogP contribution in [-0.4, -0.2) is 10.9 Å². The minimum atomic E-state index is -0.146. The number of H-pyrrole nitrogens is 1. The predicted molar refractivity (Wildman–Crippen MR) is 116 cm³/mol. The number of aromatic amines is 1. The Kier molecular flexibility index (Phi) is 4.85. The number of hydrogen-bond acceptors (Lipinski definition) is 2. The van der Waals surface area contributed by atoms with Crippen LogP contribution in [0.15, 0.2) is 78.9 Å². The van der Waals surface area contributed by atoms with Gasteiger partial charge in [-0.05, 0) is 61.4 Å². The number of hydrogen-bond donors (Lipinski definition) is 3. The lowest BCUT2D eigenvalue weighted by Gasteiger charge is -2.16. The topological polar surface area (TPSA) is 56.9 Å². The van der Waals surface area contributed by atoms with E-state index in [1.54, 1.807) is 0 Å². The van der Waals surface area contributed by atoms with Crippen molar-refractivity contribution in [2.75, 3.05) is 10.6 Å². The number of aryl methyl sites for hydroxylation is 1. The van der Waals surface area contributed by atoms with E-state index in [9.17, 15) is 4.79 Å². The molecule has 4 rings (SSSR count). The van der Waals surface area contributed by atoms with Crippen LogP contribution in [0.1, 0.15) is 34.6 Å². The van der Waals surface area contributed by atoms with Gasteiger partial charge in [0.2, 0.25) is 0 Å². The van der Waals surface area contributed by atoms with Gasteiger partial charge in [0.1, 0.15) is 5.69 Å². The number of carbonyl (C=O) groups is 1. The first-order chi connectivity index (χ1) is 13.6. The zero-order valence-electron chi connectivity index (χ0n) is 16.0. The molecule has 0 aliphatic carbocycles. The van der Waals surface area contributed by atoms with E-state index in [1.165, 1.54) is 5.56 Å². The molecule has 0 aliphatic rings.